The summed E-state index contributed by atoms with van der Waals surface area (Å²) in [7, 11) is 1.51. The maximum absolute atomic E-state index is 12.6. The van der Waals surface area contributed by atoms with E-state index in [4.69, 9.17) is 4.74 Å². The highest BCUT2D eigenvalue weighted by Crippen LogP contribution is 2.43. The quantitative estimate of drug-likeness (QED) is 0.442. The molecule has 0 spiro atoms. The van der Waals surface area contributed by atoms with Crippen molar-refractivity contribution in [1.82, 2.24) is 0 Å². The number of benzene rings is 2. The lowest BCUT2D eigenvalue weighted by Gasteiger charge is -2.37. The van der Waals surface area contributed by atoms with Crippen LogP contribution >= 0.6 is 22.6 Å². The summed E-state index contributed by atoms with van der Waals surface area (Å²) >= 11 is 2.04. The minimum atomic E-state index is -0.0767. The SMILES string of the molecule is COc1cc(CC(=O)Nc2cccc(C3CCC(C(C)(C)C)CC3)c2)cc(I)c1O. The molecule has 0 aliphatic heterocycles. The minimum absolute atomic E-state index is 0.0767. The van der Waals surface area contributed by atoms with Crippen LogP contribution in [0.5, 0.6) is 11.5 Å². The van der Waals surface area contributed by atoms with Gasteiger partial charge in [-0.1, -0.05) is 32.9 Å². The van der Waals surface area contributed by atoms with E-state index in [2.05, 4.69) is 38.2 Å². The number of methoxy groups -OCH3 is 1. The summed E-state index contributed by atoms with van der Waals surface area (Å²) in [6.07, 6.45) is 5.20. The Hall–Kier alpha value is -1.76. The zero-order chi connectivity index (χ0) is 21.9. The molecule has 0 radical (unpaired) electrons. The average Bonchev–Trinajstić information content (AvgIpc) is 2.70. The third-order valence-corrected chi connectivity index (χ3v) is 7.09. The third-order valence-electron chi connectivity index (χ3n) is 6.27. The fourth-order valence-corrected chi connectivity index (χ4v) is 5.10. The monoisotopic (exact) mass is 521 g/mol. The van der Waals surface area contributed by atoms with Crippen molar-refractivity contribution < 1.29 is 14.6 Å². The predicted molar refractivity (Wildman–Crippen MR) is 130 cm³/mol. The van der Waals surface area contributed by atoms with Crippen molar-refractivity contribution in [2.75, 3.05) is 12.4 Å². The summed E-state index contributed by atoms with van der Waals surface area (Å²) in [5.41, 5.74) is 3.36. The Balaban J connectivity index is 1.63. The summed E-state index contributed by atoms with van der Waals surface area (Å²) in [4.78, 5) is 12.6. The van der Waals surface area contributed by atoms with Crippen molar-refractivity contribution in [1.29, 1.82) is 0 Å². The summed E-state index contributed by atoms with van der Waals surface area (Å²) in [6.45, 7) is 7.04. The van der Waals surface area contributed by atoms with Gasteiger partial charge in [-0.2, -0.15) is 0 Å². The van der Waals surface area contributed by atoms with Crippen LogP contribution in [0.3, 0.4) is 0 Å². The first-order valence-corrected chi connectivity index (χ1v) is 11.7. The number of aromatic hydroxyl groups is 1. The van der Waals surface area contributed by atoms with Gasteiger partial charge in [0.2, 0.25) is 5.91 Å². The second kappa shape index (κ2) is 9.58. The Labute approximate surface area is 193 Å². The summed E-state index contributed by atoms with van der Waals surface area (Å²) in [6, 6.07) is 11.8. The van der Waals surface area contributed by atoms with Gasteiger partial charge in [-0.15, -0.1) is 0 Å². The van der Waals surface area contributed by atoms with Gasteiger partial charge in [0.05, 0.1) is 17.1 Å². The first-order valence-electron chi connectivity index (χ1n) is 10.6. The van der Waals surface area contributed by atoms with E-state index in [1.165, 1.54) is 38.4 Å². The molecule has 0 aromatic heterocycles. The number of hydrogen-bond donors (Lipinski definition) is 2. The van der Waals surface area contributed by atoms with E-state index >= 15 is 0 Å². The van der Waals surface area contributed by atoms with Crippen LogP contribution in [0.15, 0.2) is 36.4 Å². The number of hydrogen-bond acceptors (Lipinski definition) is 3. The van der Waals surface area contributed by atoms with Crippen LogP contribution < -0.4 is 10.1 Å². The molecule has 0 unspecified atom stereocenters. The molecule has 1 aliphatic rings. The molecular weight excluding hydrogens is 489 g/mol. The molecular formula is C25H32INO3. The van der Waals surface area contributed by atoms with Gasteiger partial charge in [-0.05, 0) is 101 Å². The van der Waals surface area contributed by atoms with Gasteiger partial charge < -0.3 is 15.2 Å². The van der Waals surface area contributed by atoms with E-state index in [0.29, 0.717) is 20.7 Å². The van der Waals surface area contributed by atoms with Crippen LogP contribution in [0.2, 0.25) is 0 Å². The number of carbonyl (C=O) groups is 1. The second-order valence-corrected chi connectivity index (χ2v) is 10.6. The Kier molecular flexibility index (Phi) is 7.32. The van der Waals surface area contributed by atoms with Crippen molar-refractivity contribution in [3.05, 3.63) is 51.1 Å². The molecule has 0 saturated heterocycles. The predicted octanol–water partition coefficient (Wildman–Crippen LogP) is 6.51. The first-order chi connectivity index (χ1) is 14.2. The van der Waals surface area contributed by atoms with Crippen molar-refractivity contribution in [3.63, 3.8) is 0 Å². The van der Waals surface area contributed by atoms with Gasteiger partial charge >= 0.3 is 0 Å². The number of anilines is 1. The molecule has 3 rings (SSSR count). The molecule has 4 nitrogen and oxygen atoms in total. The molecule has 30 heavy (non-hydrogen) atoms. The third kappa shape index (κ3) is 5.68. The highest BCUT2D eigenvalue weighted by molar-refractivity contribution is 14.1. The number of phenolic OH excluding ortho intramolecular Hbond substituents is 1. The lowest BCUT2D eigenvalue weighted by atomic mass is 9.68. The van der Waals surface area contributed by atoms with E-state index in [9.17, 15) is 9.90 Å². The maximum Gasteiger partial charge on any atom is 0.228 e. The molecule has 1 aliphatic carbocycles. The summed E-state index contributed by atoms with van der Waals surface area (Å²) in [5.74, 6) is 1.78. The number of phenols is 1. The van der Waals surface area contributed by atoms with Gasteiger partial charge in [0, 0.05) is 5.69 Å². The Morgan fingerprint density at radius 3 is 2.50 bits per heavy atom. The highest BCUT2D eigenvalue weighted by atomic mass is 127. The smallest absolute Gasteiger partial charge is 0.228 e. The molecule has 2 aromatic rings. The molecule has 5 heteroatoms. The van der Waals surface area contributed by atoms with Gasteiger partial charge in [-0.25, -0.2) is 0 Å². The zero-order valence-electron chi connectivity index (χ0n) is 18.3. The molecule has 1 fully saturated rings. The van der Waals surface area contributed by atoms with Crippen molar-refractivity contribution >= 4 is 34.2 Å². The summed E-state index contributed by atoms with van der Waals surface area (Å²) < 4.78 is 5.86. The van der Waals surface area contributed by atoms with Gasteiger partial charge in [0.15, 0.2) is 11.5 Å². The van der Waals surface area contributed by atoms with E-state index < -0.39 is 0 Å². The highest BCUT2D eigenvalue weighted by Gasteiger charge is 2.30. The fourth-order valence-electron chi connectivity index (χ4n) is 4.44. The number of rotatable bonds is 5. The van der Waals surface area contributed by atoms with E-state index in [-0.39, 0.29) is 18.1 Å². The molecule has 162 valence electrons. The molecule has 2 aromatic carbocycles. The van der Waals surface area contributed by atoms with Gasteiger partial charge in [0.1, 0.15) is 0 Å². The first kappa shape index (κ1) is 22.9. The maximum atomic E-state index is 12.6. The Morgan fingerprint density at radius 2 is 1.87 bits per heavy atom. The fraction of sp³-hybridized carbons (Fsp3) is 0.480. The van der Waals surface area contributed by atoms with Gasteiger partial charge in [0.25, 0.3) is 0 Å². The van der Waals surface area contributed by atoms with Crippen LogP contribution in [-0.4, -0.2) is 18.1 Å². The number of nitrogens with one attached hydrogen (secondary N) is 1. The molecule has 0 atom stereocenters. The van der Waals surface area contributed by atoms with Gasteiger partial charge in [-0.3, -0.25) is 4.79 Å². The van der Waals surface area contributed by atoms with Crippen LogP contribution in [0, 0.1) is 14.9 Å². The minimum Gasteiger partial charge on any atom is -0.504 e. The van der Waals surface area contributed by atoms with Crippen molar-refractivity contribution in [2.45, 2.75) is 58.8 Å². The van der Waals surface area contributed by atoms with Crippen LogP contribution in [0.4, 0.5) is 5.69 Å². The zero-order valence-corrected chi connectivity index (χ0v) is 20.5. The van der Waals surface area contributed by atoms with Crippen LogP contribution in [0.1, 0.15) is 63.5 Å². The second-order valence-electron chi connectivity index (χ2n) is 9.39. The van der Waals surface area contributed by atoms with Crippen LogP contribution in [-0.2, 0) is 11.2 Å². The molecule has 2 N–H and O–H groups in total. The summed E-state index contributed by atoms with van der Waals surface area (Å²) in [5, 5.41) is 13.0. The average molecular weight is 521 g/mol. The lowest BCUT2D eigenvalue weighted by molar-refractivity contribution is -0.115. The molecule has 1 saturated carbocycles. The Morgan fingerprint density at radius 1 is 1.17 bits per heavy atom. The number of carbonyl (C=O) groups excluding carboxylic acids is 1. The standard InChI is InChI=1S/C25H32INO3/c1-25(2,3)19-10-8-17(9-11-19)18-6-5-7-20(15-18)27-23(28)14-16-12-21(26)24(29)22(13-16)30-4/h5-7,12-13,15,17,19,29H,8-11,14H2,1-4H3,(H,27,28). The topological polar surface area (TPSA) is 58.6 Å². The molecule has 0 bridgehead atoms. The number of halogens is 1. The lowest BCUT2D eigenvalue weighted by Crippen LogP contribution is -2.25. The normalized spacial score (nSPS) is 19.4. The van der Waals surface area contributed by atoms with Crippen molar-refractivity contribution in [3.8, 4) is 11.5 Å². The van der Waals surface area contributed by atoms with E-state index in [0.717, 1.165) is 17.2 Å². The van der Waals surface area contributed by atoms with Crippen LogP contribution in [0.25, 0.3) is 0 Å². The van der Waals surface area contributed by atoms with E-state index in [1.807, 2.05) is 40.8 Å². The number of amides is 1. The largest absolute Gasteiger partial charge is 0.504 e. The molecule has 0 heterocycles. The Bertz CT molecular complexity index is 896. The van der Waals surface area contributed by atoms with Crippen molar-refractivity contribution in [2.24, 2.45) is 11.3 Å². The van der Waals surface area contributed by atoms with E-state index in [1.54, 1.807) is 6.07 Å². The number of ether oxygens (including phenoxy) is 1. The molecule has 1 amide bonds.